The van der Waals surface area contributed by atoms with Crippen LogP contribution in [-0.4, -0.2) is 36.6 Å². The Morgan fingerprint density at radius 3 is 2.45 bits per heavy atom. The lowest BCUT2D eigenvalue weighted by Gasteiger charge is -2.29. The zero-order valence-corrected chi connectivity index (χ0v) is 20.0. The van der Waals surface area contributed by atoms with Gasteiger partial charge in [-0.15, -0.1) is 0 Å². The molecule has 0 saturated carbocycles. The van der Waals surface area contributed by atoms with Crippen molar-refractivity contribution >= 4 is 5.91 Å². The molecule has 3 aromatic rings. The number of methoxy groups -OCH3 is 2. The van der Waals surface area contributed by atoms with Crippen LogP contribution in [-0.2, 0) is 13.1 Å². The van der Waals surface area contributed by atoms with Gasteiger partial charge in [0.05, 0.1) is 20.8 Å². The highest BCUT2D eigenvalue weighted by Crippen LogP contribution is 2.34. The van der Waals surface area contributed by atoms with E-state index in [1.54, 1.807) is 14.2 Å². The van der Waals surface area contributed by atoms with Crippen molar-refractivity contribution in [2.75, 3.05) is 20.8 Å². The summed E-state index contributed by atoms with van der Waals surface area (Å²) in [6, 6.07) is 16.2. The zero-order valence-electron chi connectivity index (χ0n) is 20.0. The second kappa shape index (κ2) is 11.5. The molecular formula is C26H33N3O4. The number of oxazole rings is 1. The van der Waals surface area contributed by atoms with Crippen LogP contribution in [0, 0.1) is 5.92 Å². The lowest BCUT2D eigenvalue weighted by Crippen LogP contribution is -2.28. The van der Waals surface area contributed by atoms with Gasteiger partial charge in [-0.05, 0) is 24.5 Å². The summed E-state index contributed by atoms with van der Waals surface area (Å²) in [5.41, 5.74) is 2.44. The third-order valence-electron chi connectivity index (χ3n) is 5.48. The maximum atomic E-state index is 12.4. The Kier molecular flexibility index (Phi) is 8.49. The molecule has 33 heavy (non-hydrogen) atoms. The Morgan fingerprint density at radius 2 is 1.79 bits per heavy atom. The minimum Gasteiger partial charge on any atom is -0.493 e. The number of hydrogen-bond donors (Lipinski definition) is 1. The van der Waals surface area contributed by atoms with E-state index in [0.717, 1.165) is 5.56 Å². The number of hydrogen-bond acceptors (Lipinski definition) is 6. The van der Waals surface area contributed by atoms with Crippen molar-refractivity contribution in [1.82, 2.24) is 15.2 Å². The zero-order chi connectivity index (χ0) is 23.8. The van der Waals surface area contributed by atoms with Crippen molar-refractivity contribution in [2.24, 2.45) is 5.92 Å². The molecule has 0 aliphatic rings. The van der Waals surface area contributed by atoms with Gasteiger partial charge in [0.1, 0.15) is 6.26 Å². The number of carbonyl (C=O) groups is 1. The van der Waals surface area contributed by atoms with Crippen LogP contribution in [0.1, 0.15) is 54.3 Å². The highest BCUT2D eigenvalue weighted by atomic mass is 16.5. The predicted octanol–water partition coefficient (Wildman–Crippen LogP) is 4.84. The minimum atomic E-state index is -0.226. The monoisotopic (exact) mass is 451 g/mol. The third kappa shape index (κ3) is 6.35. The van der Waals surface area contributed by atoms with Crippen LogP contribution in [0.2, 0.25) is 0 Å². The molecule has 0 fully saturated rings. The van der Waals surface area contributed by atoms with E-state index in [4.69, 9.17) is 13.9 Å². The van der Waals surface area contributed by atoms with Crippen molar-refractivity contribution < 1.29 is 18.7 Å². The van der Waals surface area contributed by atoms with Gasteiger partial charge in [0.25, 0.3) is 5.91 Å². The van der Waals surface area contributed by atoms with E-state index >= 15 is 0 Å². The first-order valence-corrected chi connectivity index (χ1v) is 11.1. The van der Waals surface area contributed by atoms with Gasteiger partial charge in [-0.2, -0.15) is 0 Å². The number of rotatable bonds is 11. The van der Waals surface area contributed by atoms with Gasteiger partial charge in [-0.1, -0.05) is 56.3 Å². The first-order chi connectivity index (χ1) is 15.9. The number of aromatic nitrogens is 1. The predicted molar refractivity (Wildman–Crippen MR) is 127 cm³/mol. The van der Waals surface area contributed by atoms with E-state index in [0.29, 0.717) is 42.9 Å². The summed E-state index contributed by atoms with van der Waals surface area (Å²) >= 11 is 0. The van der Waals surface area contributed by atoms with Gasteiger partial charge >= 0.3 is 0 Å². The molecule has 0 spiro atoms. The van der Waals surface area contributed by atoms with Crippen LogP contribution < -0.4 is 14.8 Å². The molecule has 7 nitrogen and oxygen atoms in total. The molecule has 0 aliphatic carbocycles. The van der Waals surface area contributed by atoms with Gasteiger partial charge in [0, 0.05) is 24.7 Å². The second-order valence-electron chi connectivity index (χ2n) is 8.37. The molecule has 1 unspecified atom stereocenters. The Morgan fingerprint density at radius 1 is 1.03 bits per heavy atom. The molecule has 0 aliphatic heterocycles. The lowest BCUT2D eigenvalue weighted by molar-refractivity contribution is 0.0944. The van der Waals surface area contributed by atoms with E-state index in [9.17, 15) is 4.79 Å². The van der Waals surface area contributed by atoms with Crippen LogP contribution in [0.15, 0.2) is 59.2 Å². The van der Waals surface area contributed by atoms with Crippen molar-refractivity contribution in [3.05, 3.63) is 77.5 Å². The summed E-state index contributed by atoms with van der Waals surface area (Å²) < 4.78 is 16.8. The van der Waals surface area contributed by atoms with E-state index in [-0.39, 0.29) is 17.6 Å². The molecule has 1 aromatic heterocycles. The van der Waals surface area contributed by atoms with Gasteiger partial charge in [0.15, 0.2) is 17.2 Å². The van der Waals surface area contributed by atoms with Crippen LogP contribution in [0.25, 0.3) is 0 Å². The van der Waals surface area contributed by atoms with E-state index in [2.05, 4.69) is 34.3 Å². The standard InChI is InChI=1S/C26H33N3O4/c1-18(2)14-27-26(30)22-17-33-24(28-22)16-29(19(3)20-10-7-6-8-11-20)15-21-12-9-13-23(31-4)25(21)32-5/h6-13,17-19H,14-16H2,1-5H3,(H,27,30). The maximum absolute atomic E-state index is 12.4. The number of amides is 1. The fourth-order valence-electron chi connectivity index (χ4n) is 3.62. The number of carbonyl (C=O) groups excluding carboxylic acids is 1. The van der Waals surface area contributed by atoms with E-state index < -0.39 is 0 Å². The Bertz CT molecular complexity index is 1030. The fourth-order valence-corrected chi connectivity index (χ4v) is 3.62. The molecule has 1 atom stereocenters. The molecule has 7 heteroatoms. The number of para-hydroxylation sites is 1. The fraction of sp³-hybridized carbons (Fsp3) is 0.385. The van der Waals surface area contributed by atoms with Crippen LogP contribution in [0.3, 0.4) is 0 Å². The Hall–Kier alpha value is -3.32. The van der Waals surface area contributed by atoms with Gasteiger partial charge in [-0.3, -0.25) is 9.69 Å². The average molecular weight is 452 g/mol. The number of nitrogens with zero attached hydrogens (tertiary/aromatic N) is 2. The third-order valence-corrected chi connectivity index (χ3v) is 5.48. The van der Waals surface area contributed by atoms with Crippen LogP contribution in [0.5, 0.6) is 11.5 Å². The molecule has 0 radical (unpaired) electrons. The van der Waals surface area contributed by atoms with Gasteiger partial charge in [-0.25, -0.2) is 4.98 Å². The van der Waals surface area contributed by atoms with Crippen LogP contribution in [0.4, 0.5) is 0 Å². The number of nitrogens with one attached hydrogen (secondary N) is 1. The molecule has 1 N–H and O–H groups in total. The normalized spacial score (nSPS) is 12.1. The minimum absolute atomic E-state index is 0.0622. The molecule has 2 aromatic carbocycles. The molecular weight excluding hydrogens is 418 g/mol. The highest BCUT2D eigenvalue weighted by molar-refractivity contribution is 5.91. The summed E-state index contributed by atoms with van der Waals surface area (Å²) in [5, 5.41) is 2.88. The molecule has 1 amide bonds. The Labute approximate surface area is 195 Å². The second-order valence-corrected chi connectivity index (χ2v) is 8.37. The van der Waals surface area contributed by atoms with Crippen molar-refractivity contribution in [3.63, 3.8) is 0 Å². The molecule has 1 heterocycles. The molecule has 3 rings (SSSR count). The van der Waals surface area contributed by atoms with E-state index in [1.165, 1.54) is 11.8 Å². The topological polar surface area (TPSA) is 76.8 Å². The van der Waals surface area contributed by atoms with E-state index in [1.807, 2.05) is 50.2 Å². The molecule has 176 valence electrons. The summed E-state index contributed by atoms with van der Waals surface area (Å²) in [4.78, 5) is 19.0. The number of benzene rings is 2. The van der Waals surface area contributed by atoms with Crippen LogP contribution >= 0.6 is 0 Å². The van der Waals surface area contributed by atoms with Crippen molar-refractivity contribution in [2.45, 2.75) is 39.9 Å². The first-order valence-electron chi connectivity index (χ1n) is 11.1. The van der Waals surface area contributed by atoms with Gasteiger partial charge < -0.3 is 19.2 Å². The summed E-state index contributed by atoms with van der Waals surface area (Å²) in [7, 11) is 3.27. The number of ether oxygens (including phenoxy) is 2. The largest absolute Gasteiger partial charge is 0.493 e. The SMILES string of the molecule is COc1cccc(CN(Cc2nc(C(=O)NCC(C)C)co2)C(C)c2ccccc2)c1OC. The van der Waals surface area contributed by atoms with Gasteiger partial charge in [0.2, 0.25) is 5.89 Å². The average Bonchev–Trinajstić information content (AvgIpc) is 3.30. The first kappa shape index (κ1) is 24.3. The molecule has 0 bridgehead atoms. The maximum Gasteiger partial charge on any atom is 0.273 e. The van der Waals surface area contributed by atoms with Crippen molar-refractivity contribution in [1.29, 1.82) is 0 Å². The summed E-state index contributed by atoms with van der Waals surface area (Å²) in [6.45, 7) is 7.82. The highest BCUT2D eigenvalue weighted by Gasteiger charge is 2.22. The quantitative estimate of drug-likeness (QED) is 0.449. The summed E-state index contributed by atoms with van der Waals surface area (Å²) in [6.07, 6.45) is 1.42. The lowest BCUT2D eigenvalue weighted by atomic mass is 10.1. The Balaban J connectivity index is 1.85. The smallest absolute Gasteiger partial charge is 0.273 e. The molecule has 0 saturated heterocycles. The van der Waals surface area contributed by atoms with Crippen molar-refractivity contribution in [3.8, 4) is 11.5 Å². The summed E-state index contributed by atoms with van der Waals surface area (Å²) in [5.74, 6) is 2.00.